The van der Waals surface area contributed by atoms with Crippen LogP contribution in [0, 0.1) is 0 Å². The maximum atomic E-state index is 12.5. The van der Waals surface area contributed by atoms with Gasteiger partial charge in [-0.05, 0) is 50.6 Å². The van der Waals surface area contributed by atoms with Crippen LogP contribution < -0.4 is 4.90 Å². The zero-order chi connectivity index (χ0) is 18.9. The second kappa shape index (κ2) is 7.18. The number of anilines is 1. The van der Waals surface area contributed by atoms with E-state index in [4.69, 9.17) is 16.3 Å². The standard InChI is InChI=1S/C19H23ClN2O3S/c1-19(2,3)26(23,24)18-9-8-16(12-21-18)22-10-11-25-17(13-22)14-4-6-15(20)7-5-14/h4-9,12,17H,10-11,13H2,1-3H3. The topological polar surface area (TPSA) is 59.5 Å². The molecule has 0 saturated carbocycles. The number of benzene rings is 1. The number of nitrogens with zero attached hydrogens (tertiary/aromatic N) is 2. The van der Waals surface area contributed by atoms with Gasteiger partial charge >= 0.3 is 0 Å². The summed E-state index contributed by atoms with van der Waals surface area (Å²) in [5, 5.41) is 0.803. The number of morpholine rings is 1. The number of aromatic nitrogens is 1. The SMILES string of the molecule is CC(C)(C)S(=O)(=O)c1ccc(N2CCOC(c3ccc(Cl)cc3)C2)cn1. The Bertz CT molecular complexity index is 859. The molecule has 140 valence electrons. The molecular weight excluding hydrogens is 372 g/mol. The van der Waals surface area contributed by atoms with E-state index in [0.29, 0.717) is 18.2 Å². The Balaban J connectivity index is 1.78. The molecule has 1 aromatic heterocycles. The van der Waals surface area contributed by atoms with E-state index in [2.05, 4.69) is 9.88 Å². The molecule has 1 atom stereocenters. The monoisotopic (exact) mass is 394 g/mol. The minimum atomic E-state index is -3.45. The van der Waals surface area contributed by atoms with Crippen molar-refractivity contribution in [3.63, 3.8) is 0 Å². The van der Waals surface area contributed by atoms with E-state index >= 15 is 0 Å². The third-order valence-corrected chi connectivity index (χ3v) is 7.13. The second-order valence-corrected chi connectivity index (χ2v) is 10.4. The van der Waals surface area contributed by atoms with Gasteiger partial charge in [-0.2, -0.15) is 0 Å². The summed E-state index contributed by atoms with van der Waals surface area (Å²) in [6, 6.07) is 11.0. The van der Waals surface area contributed by atoms with Gasteiger partial charge in [0.15, 0.2) is 14.9 Å². The first-order valence-corrected chi connectivity index (χ1v) is 10.4. The third kappa shape index (κ3) is 3.87. The molecule has 2 heterocycles. The molecule has 1 aliphatic rings. The van der Waals surface area contributed by atoms with Gasteiger partial charge in [0.05, 0.1) is 23.2 Å². The number of hydrogen-bond donors (Lipinski definition) is 0. The van der Waals surface area contributed by atoms with Gasteiger partial charge in [0.2, 0.25) is 0 Å². The van der Waals surface area contributed by atoms with Crippen LogP contribution in [-0.2, 0) is 14.6 Å². The van der Waals surface area contributed by atoms with Crippen LogP contribution in [0.1, 0.15) is 32.4 Å². The fourth-order valence-electron chi connectivity index (χ4n) is 2.80. The molecule has 1 aromatic carbocycles. The normalized spacial score (nSPS) is 18.8. The van der Waals surface area contributed by atoms with Gasteiger partial charge in [-0.15, -0.1) is 0 Å². The van der Waals surface area contributed by atoms with Gasteiger partial charge in [0.1, 0.15) is 6.10 Å². The number of sulfone groups is 1. The van der Waals surface area contributed by atoms with Crippen molar-refractivity contribution < 1.29 is 13.2 Å². The first-order valence-electron chi connectivity index (χ1n) is 8.51. The van der Waals surface area contributed by atoms with Crippen molar-refractivity contribution in [1.82, 2.24) is 4.98 Å². The average Bonchev–Trinajstić information content (AvgIpc) is 2.61. The van der Waals surface area contributed by atoms with E-state index in [1.165, 1.54) is 0 Å². The molecule has 26 heavy (non-hydrogen) atoms. The van der Waals surface area contributed by atoms with Crippen molar-refractivity contribution in [3.8, 4) is 0 Å². The van der Waals surface area contributed by atoms with Crippen LogP contribution in [-0.4, -0.2) is 37.8 Å². The van der Waals surface area contributed by atoms with Crippen molar-refractivity contribution in [2.24, 2.45) is 0 Å². The Labute approximate surface area is 159 Å². The molecular formula is C19H23ClN2O3S. The third-order valence-electron chi connectivity index (χ3n) is 4.48. The Morgan fingerprint density at radius 1 is 1.15 bits per heavy atom. The average molecular weight is 395 g/mol. The number of halogens is 1. The lowest BCUT2D eigenvalue weighted by atomic mass is 10.1. The molecule has 0 amide bonds. The molecule has 0 spiro atoms. The minimum absolute atomic E-state index is 0.0565. The molecule has 1 saturated heterocycles. The molecule has 0 N–H and O–H groups in total. The molecule has 7 heteroatoms. The fraction of sp³-hybridized carbons (Fsp3) is 0.421. The zero-order valence-corrected chi connectivity index (χ0v) is 16.7. The van der Waals surface area contributed by atoms with Crippen molar-refractivity contribution in [2.75, 3.05) is 24.6 Å². The first kappa shape index (κ1) is 19.1. The van der Waals surface area contributed by atoms with Gasteiger partial charge < -0.3 is 9.64 Å². The van der Waals surface area contributed by atoms with Gasteiger partial charge in [0, 0.05) is 18.1 Å². The van der Waals surface area contributed by atoms with Crippen LogP contribution in [0.3, 0.4) is 0 Å². The highest BCUT2D eigenvalue weighted by atomic mass is 35.5. The van der Waals surface area contributed by atoms with Crippen molar-refractivity contribution >= 4 is 27.1 Å². The number of hydrogen-bond acceptors (Lipinski definition) is 5. The summed E-state index contributed by atoms with van der Waals surface area (Å²) in [5.41, 5.74) is 1.96. The summed E-state index contributed by atoms with van der Waals surface area (Å²) in [5.74, 6) is 0. The van der Waals surface area contributed by atoms with Crippen molar-refractivity contribution in [3.05, 3.63) is 53.2 Å². The van der Waals surface area contributed by atoms with Gasteiger partial charge in [-0.1, -0.05) is 23.7 Å². The van der Waals surface area contributed by atoms with E-state index in [1.54, 1.807) is 33.0 Å². The Hall–Kier alpha value is -1.63. The van der Waals surface area contributed by atoms with E-state index in [0.717, 1.165) is 17.8 Å². The second-order valence-electron chi connectivity index (χ2n) is 7.33. The summed E-state index contributed by atoms with van der Waals surface area (Å²) in [6.07, 6.45) is 1.57. The Kier molecular flexibility index (Phi) is 5.28. The lowest BCUT2D eigenvalue weighted by molar-refractivity contribution is 0.0398. The summed E-state index contributed by atoms with van der Waals surface area (Å²) in [4.78, 5) is 6.37. The highest BCUT2D eigenvalue weighted by Gasteiger charge is 2.32. The predicted molar refractivity (Wildman–Crippen MR) is 104 cm³/mol. The highest BCUT2D eigenvalue weighted by Crippen LogP contribution is 2.28. The number of pyridine rings is 1. The van der Waals surface area contributed by atoms with E-state index in [1.807, 2.05) is 30.3 Å². The quantitative estimate of drug-likeness (QED) is 0.790. The van der Waals surface area contributed by atoms with Crippen molar-refractivity contribution in [1.29, 1.82) is 0 Å². The Morgan fingerprint density at radius 3 is 2.42 bits per heavy atom. The van der Waals surface area contributed by atoms with E-state index in [9.17, 15) is 8.42 Å². The molecule has 1 unspecified atom stereocenters. The van der Waals surface area contributed by atoms with Gasteiger partial charge in [-0.3, -0.25) is 0 Å². The van der Waals surface area contributed by atoms with E-state index < -0.39 is 14.6 Å². The maximum absolute atomic E-state index is 12.5. The largest absolute Gasteiger partial charge is 0.370 e. The van der Waals surface area contributed by atoms with Crippen LogP contribution in [0.4, 0.5) is 5.69 Å². The van der Waals surface area contributed by atoms with Crippen LogP contribution in [0.15, 0.2) is 47.6 Å². The molecule has 3 rings (SSSR count). The number of ether oxygens (including phenoxy) is 1. The lowest BCUT2D eigenvalue weighted by Gasteiger charge is -2.34. The maximum Gasteiger partial charge on any atom is 0.200 e. The van der Waals surface area contributed by atoms with Crippen LogP contribution in [0.25, 0.3) is 0 Å². The molecule has 5 nitrogen and oxygen atoms in total. The van der Waals surface area contributed by atoms with Gasteiger partial charge in [-0.25, -0.2) is 13.4 Å². The fourth-order valence-corrected chi connectivity index (χ4v) is 3.99. The molecule has 1 fully saturated rings. The predicted octanol–water partition coefficient (Wildman–Crippen LogP) is 3.89. The minimum Gasteiger partial charge on any atom is -0.370 e. The summed E-state index contributed by atoms with van der Waals surface area (Å²) in [6.45, 7) is 7.03. The summed E-state index contributed by atoms with van der Waals surface area (Å²) < 4.78 is 30.0. The lowest BCUT2D eigenvalue weighted by Crippen LogP contribution is -2.38. The Morgan fingerprint density at radius 2 is 1.85 bits per heavy atom. The molecule has 0 aliphatic carbocycles. The van der Waals surface area contributed by atoms with Crippen LogP contribution >= 0.6 is 11.6 Å². The molecule has 1 aliphatic heterocycles. The molecule has 2 aromatic rings. The van der Waals surface area contributed by atoms with Crippen LogP contribution in [0.2, 0.25) is 5.02 Å². The summed E-state index contributed by atoms with van der Waals surface area (Å²) in [7, 11) is -3.45. The first-order chi connectivity index (χ1) is 12.2. The smallest absolute Gasteiger partial charge is 0.200 e. The number of rotatable bonds is 3. The zero-order valence-electron chi connectivity index (χ0n) is 15.1. The molecule has 0 bridgehead atoms. The highest BCUT2D eigenvalue weighted by molar-refractivity contribution is 7.92. The molecule has 0 radical (unpaired) electrons. The summed E-state index contributed by atoms with van der Waals surface area (Å²) >= 11 is 5.95. The van der Waals surface area contributed by atoms with E-state index in [-0.39, 0.29) is 11.1 Å². The van der Waals surface area contributed by atoms with Gasteiger partial charge in [0.25, 0.3) is 0 Å². The van der Waals surface area contributed by atoms with Crippen molar-refractivity contribution in [2.45, 2.75) is 36.6 Å². The van der Waals surface area contributed by atoms with Crippen LogP contribution in [0.5, 0.6) is 0 Å².